The van der Waals surface area contributed by atoms with E-state index >= 15 is 0 Å². The lowest BCUT2D eigenvalue weighted by Gasteiger charge is -2.24. The third-order valence-electron chi connectivity index (χ3n) is 4.47. The van der Waals surface area contributed by atoms with Crippen molar-refractivity contribution in [1.29, 1.82) is 0 Å². The highest BCUT2D eigenvalue weighted by molar-refractivity contribution is 7.10. The van der Waals surface area contributed by atoms with Crippen LogP contribution in [0.1, 0.15) is 36.9 Å². The average Bonchev–Trinajstić information content (AvgIpc) is 3.29. The van der Waals surface area contributed by atoms with Crippen molar-refractivity contribution in [2.75, 3.05) is 0 Å². The smallest absolute Gasteiger partial charge is 0.228 e. The number of fused-ring (bicyclic) bond motifs is 1. The van der Waals surface area contributed by atoms with E-state index in [-0.39, 0.29) is 11.4 Å². The number of hydrogen-bond donors (Lipinski definition) is 0. The quantitative estimate of drug-likeness (QED) is 0.722. The summed E-state index contributed by atoms with van der Waals surface area (Å²) in [6.45, 7) is 7.69. The zero-order chi connectivity index (χ0) is 17.6. The molecule has 4 heterocycles. The molecule has 0 saturated carbocycles. The maximum absolute atomic E-state index is 12.7. The lowest BCUT2D eigenvalue weighted by molar-refractivity contribution is -0.131. The normalized spacial score (nSPS) is 14.1. The molecule has 0 atom stereocenters. The van der Waals surface area contributed by atoms with E-state index in [1.807, 2.05) is 46.9 Å². The summed E-state index contributed by atoms with van der Waals surface area (Å²) in [5.41, 5.74) is 2.05. The second-order valence-electron chi connectivity index (χ2n) is 7.43. The van der Waals surface area contributed by atoms with E-state index in [2.05, 4.69) is 30.0 Å². The van der Waals surface area contributed by atoms with Crippen molar-refractivity contribution in [3.63, 3.8) is 0 Å². The van der Waals surface area contributed by atoms with Crippen molar-refractivity contribution in [2.45, 2.75) is 45.8 Å². The van der Waals surface area contributed by atoms with Gasteiger partial charge in [0.2, 0.25) is 5.91 Å². The number of nitrogens with zero attached hydrogens (tertiary/aromatic N) is 4. The molecule has 0 fully saturated rings. The summed E-state index contributed by atoms with van der Waals surface area (Å²) >= 11 is 1.63. The van der Waals surface area contributed by atoms with Crippen LogP contribution in [0.4, 0.5) is 0 Å². The molecule has 0 aromatic carbocycles. The molecule has 6 heteroatoms. The second kappa shape index (κ2) is 5.88. The summed E-state index contributed by atoms with van der Waals surface area (Å²) < 4.78 is 4.18. The first kappa shape index (κ1) is 16.1. The van der Waals surface area contributed by atoms with Gasteiger partial charge in [-0.25, -0.2) is 4.68 Å². The van der Waals surface area contributed by atoms with Gasteiger partial charge in [-0.3, -0.25) is 4.79 Å². The largest absolute Gasteiger partial charge is 0.332 e. The zero-order valence-electron chi connectivity index (χ0n) is 14.8. The summed E-state index contributed by atoms with van der Waals surface area (Å²) in [6, 6.07) is 8.04. The molecule has 1 aliphatic heterocycles. The molecule has 25 heavy (non-hydrogen) atoms. The minimum Gasteiger partial charge on any atom is -0.332 e. The Morgan fingerprint density at radius 1 is 1.20 bits per heavy atom. The third kappa shape index (κ3) is 2.91. The first-order valence-corrected chi connectivity index (χ1v) is 9.36. The van der Waals surface area contributed by atoms with Gasteiger partial charge in [0.1, 0.15) is 5.82 Å². The highest BCUT2D eigenvalue weighted by atomic mass is 32.1. The Morgan fingerprint density at radius 2 is 1.96 bits per heavy atom. The number of amides is 1. The molecule has 130 valence electrons. The fourth-order valence-electron chi connectivity index (χ4n) is 3.26. The summed E-state index contributed by atoms with van der Waals surface area (Å²) in [7, 11) is 0. The van der Waals surface area contributed by atoms with Gasteiger partial charge in [0.15, 0.2) is 0 Å². The minimum absolute atomic E-state index is 0.115. The Bertz CT molecular complexity index is 885. The molecule has 0 N–H and O–H groups in total. The summed E-state index contributed by atoms with van der Waals surface area (Å²) in [4.78, 5) is 15.7. The fourth-order valence-corrected chi connectivity index (χ4v) is 3.96. The molecule has 1 aliphatic rings. The molecule has 0 bridgehead atoms. The van der Waals surface area contributed by atoms with Crippen LogP contribution in [0.5, 0.6) is 0 Å². The van der Waals surface area contributed by atoms with Crippen LogP contribution in [0, 0.1) is 0 Å². The Labute approximate surface area is 151 Å². The summed E-state index contributed by atoms with van der Waals surface area (Å²) in [6.07, 6.45) is 4.55. The standard InChI is InChI=1S/C19H22N4OS/c1-19(2,3)23-18(21-8-4-5-9-21)15-12-22(13-16(15)20-23)17(24)11-14-7-6-10-25-14/h4-10H,11-13H2,1-3H3. The lowest BCUT2D eigenvalue weighted by atomic mass is 10.1. The number of rotatable bonds is 3. The molecule has 0 saturated heterocycles. The maximum Gasteiger partial charge on any atom is 0.228 e. The van der Waals surface area contributed by atoms with Crippen molar-refractivity contribution in [1.82, 2.24) is 19.2 Å². The SMILES string of the molecule is CC(C)(C)n1nc2c(c1-n1cccc1)CN(C(=O)Cc1cccs1)C2. The second-order valence-corrected chi connectivity index (χ2v) is 8.46. The van der Waals surface area contributed by atoms with Crippen LogP contribution in [0.25, 0.3) is 5.82 Å². The fraction of sp³-hybridized carbons (Fsp3) is 0.368. The topological polar surface area (TPSA) is 43.1 Å². The van der Waals surface area contributed by atoms with Crippen molar-refractivity contribution < 1.29 is 4.79 Å². The molecular formula is C19H22N4OS. The van der Waals surface area contributed by atoms with Crippen LogP contribution < -0.4 is 0 Å². The number of aromatic nitrogens is 3. The molecular weight excluding hydrogens is 332 g/mol. The zero-order valence-corrected chi connectivity index (χ0v) is 15.6. The van der Waals surface area contributed by atoms with Gasteiger partial charge in [-0.1, -0.05) is 6.07 Å². The van der Waals surface area contributed by atoms with Gasteiger partial charge in [-0.2, -0.15) is 5.10 Å². The molecule has 0 aliphatic carbocycles. The van der Waals surface area contributed by atoms with Crippen LogP contribution in [0.2, 0.25) is 0 Å². The Morgan fingerprint density at radius 3 is 2.60 bits per heavy atom. The Hall–Kier alpha value is -2.34. The molecule has 3 aromatic heterocycles. The molecule has 4 rings (SSSR count). The highest BCUT2D eigenvalue weighted by Crippen LogP contribution is 2.32. The molecule has 0 radical (unpaired) electrons. The molecule has 3 aromatic rings. The van der Waals surface area contributed by atoms with Crippen molar-refractivity contribution in [3.05, 3.63) is 58.2 Å². The van der Waals surface area contributed by atoms with Crippen molar-refractivity contribution in [3.8, 4) is 5.82 Å². The van der Waals surface area contributed by atoms with Gasteiger partial charge in [-0.15, -0.1) is 11.3 Å². The van der Waals surface area contributed by atoms with E-state index in [1.165, 1.54) is 0 Å². The van der Waals surface area contributed by atoms with Gasteiger partial charge < -0.3 is 9.47 Å². The van der Waals surface area contributed by atoms with Crippen LogP contribution >= 0.6 is 11.3 Å². The van der Waals surface area contributed by atoms with E-state index in [0.717, 1.165) is 22.0 Å². The van der Waals surface area contributed by atoms with E-state index in [1.54, 1.807) is 11.3 Å². The number of hydrogen-bond acceptors (Lipinski definition) is 3. The third-order valence-corrected chi connectivity index (χ3v) is 5.35. The average molecular weight is 354 g/mol. The van der Waals surface area contributed by atoms with E-state index in [9.17, 15) is 4.79 Å². The molecule has 1 amide bonds. The first-order chi connectivity index (χ1) is 11.9. The van der Waals surface area contributed by atoms with E-state index in [4.69, 9.17) is 5.10 Å². The van der Waals surface area contributed by atoms with Crippen LogP contribution in [-0.2, 0) is 29.8 Å². The molecule has 0 unspecified atom stereocenters. The van der Waals surface area contributed by atoms with E-state index < -0.39 is 0 Å². The molecule has 0 spiro atoms. The van der Waals surface area contributed by atoms with Gasteiger partial charge in [0, 0.05) is 22.8 Å². The van der Waals surface area contributed by atoms with Crippen LogP contribution in [0.3, 0.4) is 0 Å². The Kier molecular flexibility index (Phi) is 3.80. The van der Waals surface area contributed by atoms with Crippen LogP contribution in [0.15, 0.2) is 42.0 Å². The monoisotopic (exact) mass is 354 g/mol. The van der Waals surface area contributed by atoms with Crippen molar-refractivity contribution in [2.24, 2.45) is 0 Å². The Balaban J connectivity index is 1.65. The molecule has 5 nitrogen and oxygen atoms in total. The minimum atomic E-state index is -0.115. The number of thiophene rings is 1. The lowest BCUT2D eigenvalue weighted by Crippen LogP contribution is -2.30. The van der Waals surface area contributed by atoms with Gasteiger partial charge in [-0.05, 0) is 44.4 Å². The number of carbonyl (C=O) groups is 1. The predicted molar refractivity (Wildman–Crippen MR) is 98.8 cm³/mol. The van der Waals surface area contributed by atoms with Gasteiger partial charge >= 0.3 is 0 Å². The maximum atomic E-state index is 12.7. The van der Waals surface area contributed by atoms with E-state index in [0.29, 0.717) is 19.5 Å². The summed E-state index contributed by atoms with van der Waals surface area (Å²) in [5.74, 6) is 1.24. The number of carbonyl (C=O) groups excluding carboxylic acids is 1. The van der Waals surface area contributed by atoms with Crippen molar-refractivity contribution >= 4 is 17.2 Å². The summed E-state index contributed by atoms with van der Waals surface area (Å²) in [5, 5.41) is 6.87. The van der Waals surface area contributed by atoms with Crippen LogP contribution in [-0.4, -0.2) is 25.2 Å². The highest BCUT2D eigenvalue weighted by Gasteiger charge is 2.33. The van der Waals surface area contributed by atoms with Gasteiger partial charge in [0.25, 0.3) is 0 Å². The van der Waals surface area contributed by atoms with Gasteiger partial charge in [0.05, 0.1) is 30.7 Å². The first-order valence-electron chi connectivity index (χ1n) is 8.48. The predicted octanol–water partition coefficient (Wildman–Crippen LogP) is 3.58.